The summed E-state index contributed by atoms with van der Waals surface area (Å²) in [5.74, 6) is 2.14. The molecule has 0 aromatic carbocycles. The molecule has 0 amide bonds. The van der Waals surface area contributed by atoms with Gasteiger partial charge in [-0.1, -0.05) is 19.3 Å². The molecule has 1 heterocycles. The van der Waals surface area contributed by atoms with Crippen LogP contribution in [0.5, 0.6) is 0 Å². The van der Waals surface area contributed by atoms with Crippen molar-refractivity contribution < 1.29 is 5.48 Å². The minimum absolute atomic E-state index is 0. The van der Waals surface area contributed by atoms with E-state index in [0.717, 1.165) is 11.8 Å². The lowest BCUT2D eigenvalue weighted by Crippen LogP contribution is -2.38. The van der Waals surface area contributed by atoms with Gasteiger partial charge in [-0.15, -0.1) is 0 Å². The normalized spacial score (nSPS) is 37.1. The summed E-state index contributed by atoms with van der Waals surface area (Å²) < 4.78 is 0. The average molecular weight is 157 g/mol. The summed E-state index contributed by atoms with van der Waals surface area (Å²) in [7, 11) is 0. The second-order valence-electron chi connectivity index (χ2n) is 3.80. The molecule has 2 unspecified atom stereocenters. The fourth-order valence-corrected chi connectivity index (χ4v) is 2.51. The van der Waals surface area contributed by atoms with Crippen LogP contribution in [0.4, 0.5) is 0 Å². The van der Waals surface area contributed by atoms with Gasteiger partial charge in [0, 0.05) is 0 Å². The Morgan fingerprint density at radius 3 is 2.36 bits per heavy atom. The maximum absolute atomic E-state index is 3.48. The smallest absolute Gasteiger partial charge is 0.00179 e. The van der Waals surface area contributed by atoms with Crippen LogP contribution < -0.4 is 5.32 Å². The van der Waals surface area contributed by atoms with E-state index in [9.17, 15) is 0 Å². The van der Waals surface area contributed by atoms with E-state index in [4.69, 9.17) is 0 Å². The van der Waals surface area contributed by atoms with Crippen LogP contribution in [0.3, 0.4) is 0 Å². The van der Waals surface area contributed by atoms with Crippen molar-refractivity contribution in [3.63, 3.8) is 0 Å². The zero-order chi connectivity index (χ0) is 6.81. The fourth-order valence-electron chi connectivity index (χ4n) is 2.51. The molecule has 1 saturated carbocycles. The Morgan fingerprint density at radius 2 is 1.64 bits per heavy atom. The lowest BCUT2D eigenvalue weighted by molar-refractivity contribution is 0.185. The average Bonchev–Trinajstić information content (AvgIpc) is 2.05. The number of nitrogens with one attached hydrogen (secondary N) is 1. The summed E-state index contributed by atoms with van der Waals surface area (Å²) in [6.45, 7) is 2.59. The second-order valence-corrected chi connectivity index (χ2v) is 3.80. The van der Waals surface area contributed by atoms with Gasteiger partial charge in [-0.2, -0.15) is 0 Å². The molecule has 3 N–H and O–H groups in total. The lowest BCUT2D eigenvalue weighted by atomic mass is 9.76. The molecule has 2 nitrogen and oxygen atoms in total. The predicted molar refractivity (Wildman–Crippen MR) is 46.5 cm³/mol. The number of piperidine rings is 1. The van der Waals surface area contributed by atoms with Gasteiger partial charge in [0.1, 0.15) is 0 Å². The first-order valence-electron chi connectivity index (χ1n) is 4.67. The van der Waals surface area contributed by atoms with Crippen molar-refractivity contribution >= 4 is 0 Å². The molecule has 0 radical (unpaired) electrons. The number of fused-ring (bicyclic) bond motifs is 1. The summed E-state index contributed by atoms with van der Waals surface area (Å²) in [5.41, 5.74) is 0. The summed E-state index contributed by atoms with van der Waals surface area (Å²) >= 11 is 0. The lowest BCUT2D eigenvalue weighted by Gasteiger charge is -2.35. The molecule has 66 valence electrons. The third kappa shape index (κ3) is 1.94. The molecule has 0 bridgehead atoms. The third-order valence-corrected chi connectivity index (χ3v) is 3.16. The number of rotatable bonds is 0. The van der Waals surface area contributed by atoms with Crippen molar-refractivity contribution in [2.75, 3.05) is 13.1 Å². The van der Waals surface area contributed by atoms with Crippen LogP contribution in [-0.4, -0.2) is 18.6 Å². The molecular formula is C9H19NO. The van der Waals surface area contributed by atoms with Crippen LogP contribution in [0.25, 0.3) is 0 Å². The zero-order valence-corrected chi connectivity index (χ0v) is 7.10. The molecule has 2 aliphatic rings. The van der Waals surface area contributed by atoms with Crippen LogP contribution in [0.15, 0.2) is 0 Å². The van der Waals surface area contributed by atoms with Gasteiger partial charge in [-0.05, 0) is 37.8 Å². The van der Waals surface area contributed by atoms with Crippen LogP contribution in [0.1, 0.15) is 32.1 Å². The molecule has 0 aromatic heterocycles. The first kappa shape index (κ1) is 9.01. The van der Waals surface area contributed by atoms with Crippen LogP contribution in [0, 0.1) is 11.8 Å². The highest BCUT2D eigenvalue weighted by Crippen LogP contribution is 2.33. The molecule has 1 aliphatic heterocycles. The molecule has 2 rings (SSSR count). The molecule has 2 atom stereocenters. The fraction of sp³-hybridized carbons (Fsp3) is 1.00. The molecular weight excluding hydrogens is 138 g/mol. The summed E-state index contributed by atoms with van der Waals surface area (Å²) in [6.07, 6.45) is 7.46. The van der Waals surface area contributed by atoms with Crippen LogP contribution >= 0.6 is 0 Å². The van der Waals surface area contributed by atoms with E-state index in [0.29, 0.717) is 0 Å². The Hall–Kier alpha value is -0.0800. The second kappa shape index (κ2) is 4.07. The van der Waals surface area contributed by atoms with Gasteiger partial charge in [0.25, 0.3) is 0 Å². The van der Waals surface area contributed by atoms with Gasteiger partial charge in [0.2, 0.25) is 0 Å². The van der Waals surface area contributed by atoms with Crippen molar-refractivity contribution in [3.05, 3.63) is 0 Å². The van der Waals surface area contributed by atoms with Gasteiger partial charge >= 0.3 is 0 Å². The first-order chi connectivity index (χ1) is 4.97. The predicted octanol–water partition coefficient (Wildman–Crippen LogP) is 0.961. The molecule has 1 aliphatic carbocycles. The molecule has 0 spiro atoms. The van der Waals surface area contributed by atoms with E-state index in [1.165, 1.54) is 45.2 Å². The van der Waals surface area contributed by atoms with Crippen molar-refractivity contribution in [1.29, 1.82) is 0 Å². The summed E-state index contributed by atoms with van der Waals surface area (Å²) in [4.78, 5) is 0. The Labute approximate surface area is 68.7 Å². The third-order valence-electron chi connectivity index (χ3n) is 3.16. The van der Waals surface area contributed by atoms with Crippen LogP contribution in [0.2, 0.25) is 0 Å². The Morgan fingerprint density at radius 1 is 0.909 bits per heavy atom. The van der Waals surface area contributed by atoms with Gasteiger partial charge in [-0.3, -0.25) is 0 Å². The summed E-state index contributed by atoms with van der Waals surface area (Å²) in [6, 6.07) is 0. The minimum atomic E-state index is 0. The largest absolute Gasteiger partial charge is 0.412 e. The molecule has 2 fully saturated rings. The highest BCUT2D eigenvalue weighted by molar-refractivity contribution is 4.81. The van der Waals surface area contributed by atoms with E-state index in [1.54, 1.807) is 0 Å². The highest BCUT2D eigenvalue weighted by Gasteiger charge is 2.26. The van der Waals surface area contributed by atoms with Crippen molar-refractivity contribution in [3.8, 4) is 0 Å². The van der Waals surface area contributed by atoms with Crippen LogP contribution in [-0.2, 0) is 0 Å². The highest BCUT2D eigenvalue weighted by atomic mass is 16.0. The Bertz CT molecular complexity index is 90.1. The zero-order valence-electron chi connectivity index (χ0n) is 7.10. The van der Waals surface area contributed by atoms with E-state index < -0.39 is 0 Å². The number of hydrogen-bond acceptors (Lipinski definition) is 1. The van der Waals surface area contributed by atoms with Crippen molar-refractivity contribution in [2.24, 2.45) is 11.8 Å². The Balaban J connectivity index is 0.000000605. The van der Waals surface area contributed by atoms with Crippen molar-refractivity contribution in [1.82, 2.24) is 5.32 Å². The topological polar surface area (TPSA) is 43.5 Å². The van der Waals surface area contributed by atoms with E-state index in [-0.39, 0.29) is 5.48 Å². The quantitative estimate of drug-likeness (QED) is 0.559. The van der Waals surface area contributed by atoms with Gasteiger partial charge in [-0.25, -0.2) is 0 Å². The van der Waals surface area contributed by atoms with Crippen molar-refractivity contribution in [2.45, 2.75) is 32.1 Å². The monoisotopic (exact) mass is 157 g/mol. The van der Waals surface area contributed by atoms with E-state index >= 15 is 0 Å². The molecule has 1 saturated heterocycles. The maximum Gasteiger partial charge on any atom is -0.00179 e. The standard InChI is InChI=1S/C9H17N.H2O/c1-2-4-9-7-10-6-5-8(9)3-1;/h8-10H,1-7H2;1H2. The Kier molecular flexibility index (Phi) is 3.34. The first-order valence-corrected chi connectivity index (χ1v) is 4.67. The molecule has 2 heteroatoms. The SMILES string of the molecule is C1CCC2CNCCC2C1.O. The van der Waals surface area contributed by atoms with E-state index in [1.807, 2.05) is 0 Å². The number of hydrogen-bond donors (Lipinski definition) is 1. The van der Waals surface area contributed by atoms with Gasteiger partial charge < -0.3 is 10.8 Å². The van der Waals surface area contributed by atoms with Gasteiger partial charge in [0.05, 0.1) is 0 Å². The van der Waals surface area contributed by atoms with Gasteiger partial charge in [0.15, 0.2) is 0 Å². The summed E-state index contributed by atoms with van der Waals surface area (Å²) in [5, 5.41) is 3.48. The molecule has 0 aromatic rings. The molecule has 11 heavy (non-hydrogen) atoms. The van der Waals surface area contributed by atoms with E-state index in [2.05, 4.69) is 5.32 Å². The maximum atomic E-state index is 3.48. The minimum Gasteiger partial charge on any atom is -0.412 e.